The Morgan fingerprint density at radius 2 is 2.00 bits per heavy atom. The van der Waals surface area contributed by atoms with Gasteiger partial charge in [-0.3, -0.25) is 4.79 Å². The maximum absolute atomic E-state index is 12.6. The first kappa shape index (κ1) is 19.0. The molecule has 2 heterocycles. The molecule has 144 valence electrons. The van der Waals surface area contributed by atoms with Gasteiger partial charge in [0, 0.05) is 19.2 Å². The lowest BCUT2D eigenvalue weighted by molar-refractivity contribution is -0.119. The fourth-order valence-electron chi connectivity index (χ4n) is 2.39. The summed E-state index contributed by atoms with van der Waals surface area (Å²) in [6, 6.07) is 6.91. The molecular formula is C16H17N3O7S. The summed E-state index contributed by atoms with van der Waals surface area (Å²) in [4.78, 5) is 23.8. The summed E-state index contributed by atoms with van der Waals surface area (Å²) in [5.74, 6) is -1.23. The molecule has 2 aromatic rings. The number of rotatable bonds is 6. The highest BCUT2D eigenvalue weighted by Crippen LogP contribution is 2.18. The van der Waals surface area contributed by atoms with E-state index in [1.165, 1.54) is 40.9 Å². The summed E-state index contributed by atoms with van der Waals surface area (Å²) in [7, 11) is -3.74. The first-order chi connectivity index (χ1) is 13.0. The molecule has 1 saturated heterocycles. The minimum atomic E-state index is -3.74. The van der Waals surface area contributed by atoms with Crippen molar-refractivity contribution < 1.29 is 32.0 Å². The van der Waals surface area contributed by atoms with Crippen molar-refractivity contribution in [1.82, 2.24) is 9.46 Å². The molecule has 11 heteroatoms. The van der Waals surface area contributed by atoms with Crippen molar-refractivity contribution in [2.45, 2.75) is 4.90 Å². The highest BCUT2D eigenvalue weighted by Gasteiger charge is 2.27. The maximum atomic E-state index is 12.6. The number of carbonyl (C=O) groups is 2. The number of ether oxygens (including phenoxy) is 2. The number of esters is 1. The second-order valence-corrected chi connectivity index (χ2v) is 7.49. The van der Waals surface area contributed by atoms with E-state index in [0.717, 1.165) is 0 Å². The van der Waals surface area contributed by atoms with Gasteiger partial charge >= 0.3 is 5.97 Å². The first-order valence-corrected chi connectivity index (χ1v) is 9.46. The fourth-order valence-corrected chi connectivity index (χ4v) is 3.84. The van der Waals surface area contributed by atoms with Crippen LogP contribution in [0.3, 0.4) is 0 Å². The topological polar surface area (TPSA) is 128 Å². The van der Waals surface area contributed by atoms with Gasteiger partial charge < -0.3 is 19.3 Å². The molecule has 1 aliphatic rings. The number of morpholine rings is 1. The van der Waals surface area contributed by atoms with Crippen LogP contribution in [0, 0.1) is 0 Å². The number of anilines is 1. The average Bonchev–Trinajstić information content (AvgIpc) is 3.20. The van der Waals surface area contributed by atoms with Crippen molar-refractivity contribution in [3.8, 4) is 0 Å². The number of sulfonamides is 1. The Balaban J connectivity index is 1.64. The van der Waals surface area contributed by atoms with Crippen molar-refractivity contribution in [3.05, 3.63) is 42.2 Å². The summed E-state index contributed by atoms with van der Waals surface area (Å²) >= 11 is 0. The molecule has 0 unspecified atom stereocenters. The number of aromatic nitrogens is 1. The molecule has 1 N–H and O–H groups in total. The van der Waals surface area contributed by atoms with Crippen LogP contribution in [0.15, 0.2) is 46.0 Å². The Kier molecular flexibility index (Phi) is 5.84. The lowest BCUT2D eigenvalue weighted by atomic mass is 10.2. The largest absolute Gasteiger partial charge is 0.452 e. The van der Waals surface area contributed by atoms with Gasteiger partial charge in [0.2, 0.25) is 10.0 Å². The number of benzene rings is 1. The highest BCUT2D eigenvalue weighted by atomic mass is 32.2. The Bertz CT molecular complexity index is 906. The van der Waals surface area contributed by atoms with E-state index in [2.05, 4.69) is 15.0 Å². The van der Waals surface area contributed by atoms with Crippen molar-refractivity contribution in [2.75, 3.05) is 38.2 Å². The van der Waals surface area contributed by atoms with E-state index in [-0.39, 0.29) is 29.4 Å². The number of amides is 1. The van der Waals surface area contributed by atoms with E-state index in [4.69, 9.17) is 9.47 Å². The Morgan fingerprint density at radius 3 is 2.70 bits per heavy atom. The van der Waals surface area contributed by atoms with Crippen LogP contribution in [0.4, 0.5) is 5.82 Å². The Hall–Kier alpha value is -2.76. The van der Waals surface area contributed by atoms with E-state index in [1.54, 1.807) is 0 Å². The van der Waals surface area contributed by atoms with Gasteiger partial charge in [-0.1, -0.05) is 11.2 Å². The molecule has 10 nitrogen and oxygen atoms in total. The minimum Gasteiger partial charge on any atom is -0.452 e. The van der Waals surface area contributed by atoms with E-state index in [1.807, 2.05) is 0 Å². The third kappa shape index (κ3) is 4.70. The van der Waals surface area contributed by atoms with Gasteiger partial charge in [-0.15, -0.1) is 0 Å². The van der Waals surface area contributed by atoms with Crippen LogP contribution in [0.5, 0.6) is 0 Å². The Labute approximate surface area is 155 Å². The van der Waals surface area contributed by atoms with E-state index >= 15 is 0 Å². The molecule has 0 radical (unpaired) electrons. The van der Waals surface area contributed by atoms with Crippen LogP contribution in [-0.4, -0.2) is 62.7 Å². The van der Waals surface area contributed by atoms with Gasteiger partial charge in [-0.25, -0.2) is 13.2 Å². The van der Waals surface area contributed by atoms with Gasteiger partial charge in [0.05, 0.1) is 23.7 Å². The van der Waals surface area contributed by atoms with Crippen LogP contribution < -0.4 is 5.32 Å². The van der Waals surface area contributed by atoms with Crippen molar-refractivity contribution in [2.24, 2.45) is 0 Å². The van der Waals surface area contributed by atoms with Crippen molar-refractivity contribution in [1.29, 1.82) is 0 Å². The standard InChI is InChI=1S/C16H17N3O7S/c20-15(17-14-4-7-26-18-14)11-25-16(21)12-2-1-3-13(10-12)27(22,23)19-5-8-24-9-6-19/h1-4,7,10H,5-6,8-9,11H2,(H,17,18,20). The van der Waals surface area contributed by atoms with Crippen LogP contribution in [0.1, 0.15) is 10.4 Å². The lowest BCUT2D eigenvalue weighted by Crippen LogP contribution is -2.40. The zero-order chi connectivity index (χ0) is 19.3. The third-order valence-corrected chi connectivity index (χ3v) is 5.61. The number of nitrogens with one attached hydrogen (secondary N) is 1. The predicted molar refractivity (Wildman–Crippen MR) is 91.4 cm³/mol. The molecule has 27 heavy (non-hydrogen) atoms. The molecule has 3 rings (SSSR count). The molecule has 1 aromatic carbocycles. The lowest BCUT2D eigenvalue weighted by Gasteiger charge is -2.26. The van der Waals surface area contributed by atoms with Crippen molar-refractivity contribution >= 4 is 27.7 Å². The second kappa shape index (κ2) is 8.29. The van der Waals surface area contributed by atoms with Crippen LogP contribution >= 0.6 is 0 Å². The number of carbonyl (C=O) groups excluding carboxylic acids is 2. The van der Waals surface area contributed by atoms with Gasteiger partial charge in [-0.05, 0) is 18.2 Å². The SMILES string of the molecule is O=C(COC(=O)c1cccc(S(=O)(=O)N2CCOCC2)c1)Nc1ccon1. The van der Waals surface area contributed by atoms with Gasteiger partial charge in [0.25, 0.3) is 5.91 Å². The second-order valence-electron chi connectivity index (χ2n) is 5.55. The van der Waals surface area contributed by atoms with Gasteiger partial charge in [0.1, 0.15) is 6.26 Å². The molecule has 0 saturated carbocycles. The maximum Gasteiger partial charge on any atom is 0.338 e. The molecule has 0 atom stereocenters. The molecule has 1 amide bonds. The quantitative estimate of drug-likeness (QED) is 0.700. The molecular weight excluding hydrogens is 378 g/mol. The third-order valence-electron chi connectivity index (χ3n) is 3.72. The van der Waals surface area contributed by atoms with Crippen LogP contribution in [-0.2, 0) is 24.3 Å². The van der Waals surface area contributed by atoms with Crippen LogP contribution in [0.2, 0.25) is 0 Å². The summed E-state index contributed by atoms with van der Waals surface area (Å²) < 4.78 is 41.2. The molecule has 1 aromatic heterocycles. The zero-order valence-electron chi connectivity index (χ0n) is 14.2. The normalized spacial score (nSPS) is 15.3. The number of hydrogen-bond donors (Lipinski definition) is 1. The summed E-state index contributed by atoms with van der Waals surface area (Å²) in [6.07, 6.45) is 1.28. The van der Waals surface area contributed by atoms with Crippen LogP contribution in [0.25, 0.3) is 0 Å². The molecule has 0 aliphatic carbocycles. The van der Waals surface area contributed by atoms with E-state index in [0.29, 0.717) is 13.2 Å². The molecule has 1 aliphatic heterocycles. The molecule has 0 spiro atoms. The summed E-state index contributed by atoms with van der Waals surface area (Å²) in [5.41, 5.74) is 0.0265. The summed E-state index contributed by atoms with van der Waals surface area (Å²) in [6.45, 7) is 0.591. The predicted octanol–water partition coefficient (Wildman–Crippen LogP) is 0.491. The highest BCUT2D eigenvalue weighted by molar-refractivity contribution is 7.89. The Morgan fingerprint density at radius 1 is 1.22 bits per heavy atom. The molecule has 1 fully saturated rings. The van der Waals surface area contributed by atoms with Gasteiger partial charge in [-0.2, -0.15) is 4.31 Å². The summed E-state index contributed by atoms with van der Waals surface area (Å²) in [5, 5.41) is 5.87. The van der Waals surface area contributed by atoms with Crippen molar-refractivity contribution in [3.63, 3.8) is 0 Å². The minimum absolute atomic E-state index is 0.0223. The average molecular weight is 395 g/mol. The number of nitrogens with zero attached hydrogens (tertiary/aromatic N) is 2. The van der Waals surface area contributed by atoms with Gasteiger partial charge in [0.15, 0.2) is 12.4 Å². The van der Waals surface area contributed by atoms with E-state index in [9.17, 15) is 18.0 Å². The monoisotopic (exact) mass is 395 g/mol. The number of hydrogen-bond acceptors (Lipinski definition) is 8. The zero-order valence-corrected chi connectivity index (χ0v) is 15.0. The van der Waals surface area contributed by atoms with E-state index < -0.39 is 28.5 Å². The first-order valence-electron chi connectivity index (χ1n) is 8.02. The smallest absolute Gasteiger partial charge is 0.338 e. The molecule has 0 bridgehead atoms. The fraction of sp³-hybridized carbons (Fsp3) is 0.312.